The minimum atomic E-state index is -0.197. The highest BCUT2D eigenvalue weighted by atomic mass is 16.6. The van der Waals surface area contributed by atoms with Crippen molar-refractivity contribution in [2.24, 2.45) is 11.7 Å². The lowest BCUT2D eigenvalue weighted by Crippen LogP contribution is -2.38. The van der Waals surface area contributed by atoms with Gasteiger partial charge in [0.25, 0.3) is 0 Å². The Morgan fingerprint density at radius 2 is 2.00 bits per heavy atom. The topological polar surface area (TPSA) is 73.6 Å². The number of carbonyl (C=O) groups excluding carboxylic acids is 1. The first-order valence-corrected chi connectivity index (χ1v) is 6.49. The molecule has 5 heteroatoms. The van der Waals surface area contributed by atoms with Crippen molar-refractivity contribution in [3.05, 3.63) is 23.8 Å². The molecule has 2 rings (SSSR count). The third-order valence-corrected chi connectivity index (χ3v) is 3.28. The zero-order valence-electron chi connectivity index (χ0n) is 11.3. The van der Waals surface area contributed by atoms with E-state index in [2.05, 4.69) is 5.32 Å². The maximum atomic E-state index is 11.8. The van der Waals surface area contributed by atoms with Gasteiger partial charge in [-0.15, -0.1) is 0 Å². The van der Waals surface area contributed by atoms with E-state index in [9.17, 15) is 4.79 Å². The van der Waals surface area contributed by atoms with Gasteiger partial charge in [-0.2, -0.15) is 0 Å². The van der Waals surface area contributed by atoms with Gasteiger partial charge in [0.05, 0.1) is 0 Å². The lowest BCUT2D eigenvalue weighted by atomic mass is 10.0. The van der Waals surface area contributed by atoms with Crippen molar-refractivity contribution in [1.29, 1.82) is 0 Å². The van der Waals surface area contributed by atoms with Crippen molar-refractivity contribution in [3.63, 3.8) is 0 Å². The molecular formula is C14H20N2O3. The molecule has 5 nitrogen and oxygen atoms in total. The Bertz CT molecular complexity index is 460. The summed E-state index contributed by atoms with van der Waals surface area (Å²) in [5, 5.41) is 2.87. The van der Waals surface area contributed by atoms with Crippen molar-refractivity contribution in [1.82, 2.24) is 5.32 Å². The number of nitrogens with one attached hydrogen (secondary N) is 1. The Balaban J connectivity index is 1.95. The molecule has 0 saturated heterocycles. The fraction of sp³-hybridized carbons (Fsp3) is 0.500. The second-order valence-corrected chi connectivity index (χ2v) is 4.84. The van der Waals surface area contributed by atoms with Crippen LogP contribution in [-0.2, 0) is 11.3 Å². The number of nitrogens with two attached hydrogens (primary N) is 1. The monoisotopic (exact) mass is 264 g/mol. The maximum absolute atomic E-state index is 11.8. The van der Waals surface area contributed by atoms with Gasteiger partial charge in [0.2, 0.25) is 5.91 Å². The molecule has 1 aliphatic rings. The Labute approximate surface area is 113 Å². The van der Waals surface area contributed by atoms with E-state index in [1.807, 2.05) is 32.0 Å². The molecule has 0 aromatic heterocycles. The highest BCUT2D eigenvalue weighted by molar-refractivity contribution is 5.78. The number of hydrogen-bond acceptors (Lipinski definition) is 4. The number of amides is 1. The van der Waals surface area contributed by atoms with Crippen molar-refractivity contribution < 1.29 is 14.3 Å². The normalized spacial score (nSPS) is 16.6. The van der Waals surface area contributed by atoms with Crippen LogP contribution in [0.1, 0.15) is 19.4 Å². The Morgan fingerprint density at radius 3 is 2.68 bits per heavy atom. The van der Waals surface area contributed by atoms with Crippen LogP contribution in [0.3, 0.4) is 0 Å². The van der Waals surface area contributed by atoms with Crippen LogP contribution in [0, 0.1) is 5.92 Å². The predicted molar refractivity (Wildman–Crippen MR) is 72.1 cm³/mol. The SMILES string of the molecule is CC(N)C(C)C(=O)NCc1ccc2c(c1)OCCO2. The van der Waals surface area contributed by atoms with Crippen LogP contribution in [0.2, 0.25) is 0 Å². The van der Waals surface area contributed by atoms with Gasteiger partial charge in [0.15, 0.2) is 11.5 Å². The fourth-order valence-electron chi connectivity index (χ4n) is 1.79. The van der Waals surface area contributed by atoms with Crippen molar-refractivity contribution in [2.45, 2.75) is 26.4 Å². The van der Waals surface area contributed by atoms with E-state index >= 15 is 0 Å². The highest BCUT2D eigenvalue weighted by Gasteiger charge is 2.17. The summed E-state index contributed by atoms with van der Waals surface area (Å²) < 4.78 is 10.9. The lowest BCUT2D eigenvalue weighted by molar-refractivity contribution is -0.125. The standard InChI is InChI=1S/C14H20N2O3/c1-9(10(2)15)14(17)16-8-11-3-4-12-13(7-11)19-6-5-18-12/h3-4,7,9-10H,5-6,8,15H2,1-2H3,(H,16,17). The zero-order chi connectivity index (χ0) is 13.8. The van der Waals surface area contributed by atoms with Gasteiger partial charge in [0.1, 0.15) is 13.2 Å². The summed E-state index contributed by atoms with van der Waals surface area (Å²) >= 11 is 0. The zero-order valence-corrected chi connectivity index (χ0v) is 11.3. The molecule has 2 atom stereocenters. The molecule has 0 fully saturated rings. The fourth-order valence-corrected chi connectivity index (χ4v) is 1.79. The summed E-state index contributed by atoms with van der Waals surface area (Å²) in [6.45, 7) is 5.25. The summed E-state index contributed by atoms with van der Waals surface area (Å²) in [7, 11) is 0. The van der Waals surface area contributed by atoms with Crippen LogP contribution >= 0.6 is 0 Å². The summed E-state index contributed by atoms with van der Waals surface area (Å²) in [5.41, 5.74) is 6.68. The quantitative estimate of drug-likeness (QED) is 0.852. The third kappa shape index (κ3) is 3.38. The van der Waals surface area contributed by atoms with Crippen LogP contribution in [-0.4, -0.2) is 25.2 Å². The predicted octanol–water partition coefficient (Wildman–Crippen LogP) is 1.06. The van der Waals surface area contributed by atoms with Gasteiger partial charge in [0, 0.05) is 18.5 Å². The molecule has 0 spiro atoms. The number of benzene rings is 1. The summed E-state index contributed by atoms with van der Waals surface area (Å²) in [4.78, 5) is 11.8. The first-order valence-electron chi connectivity index (χ1n) is 6.49. The van der Waals surface area contributed by atoms with E-state index in [0.717, 1.165) is 17.1 Å². The van der Waals surface area contributed by atoms with Gasteiger partial charge in [-0.05, 0) is 24.6 Å². The van der Waals surface area contributed by atoms with Gasteiger partial charge < -0.3 is 20.5 Å². The first kappa shape index (κ1) is 13.7. The maximum Gasteiger partial charge on any atom is 0.224 e. The van der Waals surface area contributed by atoms with Crippen LogP contribution in [0.25, 0.3) is 0 Å². The molecule has 0 radical (unpaired) electrons. The second-order valence-electron chi connectivity index (χ2n) is 4.84. The number of carbonyl (C=O) groups is 1. The number of fused-ring (bicyclic) bond motifs is 1. The van der Waals surface area contributed by atoms with Gasteiger partial charge >= 0.3 is 0 Å². The van der Waals surface area contributed by atoms with Crippen molar-refractivity contribution in [3.8, 4) is 11.5 Å². The van der Waals surface area contributed by atoms with E-state index in [-0.39, 0.29) is 17.9 Å². The van der Waals surface area contributed by atoms with Gasteiger partial charge in [-0.25, -0.2) is 0 Å². The van der Waals surface area contributed by atoms with E-state index in [0.29, 0.717) is 19.8 Å². The van der Waals surface area contributed by atoms with Gasteiger partial charge in [-0.1, -0.05) is 13.0 Å². The van der Waals surface area contributed by atoms with Crippen LogP contribution in [0.4, 0.5) is 0 Å². The van der Waals surface area contributed by atoms with Crippen LogP contribution < -0.4 is 20.5 Å². The second kappa shape index (κ2) is 5.93. The average Bonchev–Trinajstić information content (AvgIpc) is 2.43. The molecule has 1 aromatic carbocycles. The Hall–Kier alpha value is -1.75. The lowest BCUT2D eigenvalue weighted by Gasteiger charge is -2.19. The third-order valence-electron chi connectivity index (χ3n) is 3.28. The van der Waals surface area contributed by atoms with E-state index in [1.165, 1.54) is 0 Å². The molecule has 19 heavy (non-hydrogen) atoms. The molecule has 0 saturated carbocycles. The Kier molecular flexibility index (Phi) is 4.27. The molecular weight excluding hydrogens is 244 g/mol. The van der Waals surface area contributed by atoms with E-state index < -0.39 is 0 Å². The van der Waals surface area contributed by atoms with E-state index in [4.69, 9.17) is 15.2 Å². The minimum Gasteiger partial charge on any atom is -0.486 e. The molecule has 1 heterocycles. The molecule has 104 valence electrons. The van der Waals surface area contributed by atoms with Crippen molar-refractivity contribution >= 4 is 5.91 Å². The highest BCUT2D eigenvalue weighted by Crippen LogP contribution is 2.30. The minimum absolute atomic E-state index is 0.0371. The summed E-state index contributed by atoms with van der Waals surface area (Å²) in [5.74, 6) is 1.26. The average molecular weight is 264 g/mol. The Morgan fingerprint density at radius 1 is 1.32 bits per heavy atom. The molecule has 0 aliphatic carbocycles. The van der Waals surface area contributed by atoms with E-state index in [1.54, 1.807) is 0 Å². The van der Waals surface area contributed by atoms with Crippen molar-refractivity contribution in [2.75, 3.05) is 13.2 Å². The number of ether oxygens (including phenoxy) is 2. The number of rotatable bonds is 4. The van der Waals surface area contributed by atoms with Gasteiger partial charge in [-0.3, -0.25) is 4.79 Å². The molecule has 2 unspecified atom stereocenters. The molecule has 3 N–H and O–H groups in total. The molecule has 1 aliphatic heterocycles. The molecule has 1 aromatic rings. The molecule has 1 amide bonds. The largest absolute Gasteiger partial charge is 0.486 e. The van der Waals surface area contributed by atoms with Crippen LogP contribution in [0.15, 0.2) is 18.2 Å². The smallest absolute Gasteiger partial charge is 0.224 e. The summed E-state index contributed by atoms with van der Waals surface area (Å²) in [6.07, 6.45) is 0. The number of hydrogen-bond donors (Lipinski definition) is 2. The van der Waals surface area contributed by atoms with Crippen LogP contribution in [0.5, 0.6) is 11.5 Å². The first-order chi connectivity index (χ1) is 9.08. The summed E-state index contributed by atoms with van der Waals surface area (Å²) in [6, 6.07) is 5.53. The molecule has 0 bridgehead atoms.